The molecule has 0 saturated heterocycles. The molecule has 120 valence electrons. The Hall–Kier alpha value is -2.25. The van der Waals surface area contributed by atoms with Crippen molar-refractivity contribution < 1.29 is 32.6 Å². The molecule has 1 amide bonds. The Labute approximate surface area is 124 Å². The molecule has 1 aromatic carbocycles. The highest BCUT2D eigenvalue weighted by Crippen LogP contribution is 2.35. The number of alkyl halides is 3. The van der Waals surface area contributed by atoms with Gasteiger partial charge >= 0.3 is 12.3 Å². The van der Waals surface area contributed by atoms with Gasteiger partial charge in [-0.1, -0.05) is 0 Å². The number of benzene rings is 1. The number of carboxylic acid groups (broad SMARTS) is 1. The van der Waals surface area contributed by atoms with E-state index in [2.05, 4.69) is 10.1 Å². The van der Waals surface area contributed by atoms with Gasteiger partial charge < -0.3 is 15.2 Å². The number of rotatable bonds is 5. The monoisotopic (exact) mass is 317 g/mol. The van der Waals surface area contributed by atoms with E-state index in [9.17, 15) is 22.8 Å². The standard InChI is InChI=1S/C14H14F3NO4/c15-14(16,17)22-10-4-2-9(3-5-10)12(21)18-13(6-1-7-13)8-11(19)20/h2-5H,1,6-8H2,(H,18,21)(H,19,20). The van der Waals surface area contributed by atoms with Crippen molar-refractivity contribution in [2.24, 2.45) is 0 Å². The van der Waals surface area contributed by atoms with Gasteiger partial charge in [0.05, 0.1) is 12.0 Å². The number of hydrogen-bond donors (Lipinski definition) is 2. The van der Waals surface area contributed by atoms with Gasteiger partial charge in [0, 0.05) is 5.56 Å². The Morgan fingerprint density at radius 2 is 1.82 bits per heavy atom. The highest BCUT2D eigenvalue weighted by atomic mass is 19.4. The van der Waals surface area contributed by atoms with E-state index in [0.717, 1.165) is 18.6 Å². The maximum atomic E-state index is 12.1. The predicted octanol–water partition coefficient (Wildman–Crippen LogP) is 2.71. The summed E-state index contributed by atoms with van der Waals surface area (Å²) >= 11 is 0. The molecule has 22 heavy (non-hydrogen) atoms. The summed E-state index contributed by atoms with van der Waals surface area (Å²) in [5, 5.41) is 11.5. The summed E-state index contributed by atoms with van der Waals surface area (Å²) in [7, 11) is 0. The average molecular weight is 317 g/mol. The summed E-state index contributed by atoms with van der Waals surface area (Å²) < 4.78 is 39.8. The van der Waals surface area contributed by atoms with Gasteiger partial charge in [0.1, 0.15) is 5.75 Å². The van der Waals surface area contributed by atoms with Gasteiger partial charge in [-0.25, -0.2) is 0 Å². The summed E-state index contributed by atoms with van der Waals surface area (Å²) in [5.41, 5.74) is -0.615. The summed E-state index contributed by atoms with van der Waals surface area (Å²) in [6.07, 6.45) is -3.00. The highest BCUT2D eigenvalue weighted by Gasteiger charge is 2.40. The van der Waals surface area contributed by atoms with Crippen molar-refractivity contribution in [3.05, 3.63) is 29.8 Å². The number of aliphatic carboxylic acids is 1. The number of ether oxygens (including phenoxy) is 1. The molecule has 1 fully saturated rings. The van der Waals surface area contributed by atoms with Crippen molar-refractivity contribution in [2.45, 2.75) is 37.6 Å². The summed E-state index contributed by atoms with van der Waals surface area (Å²) in [4.78, 5) is 22.9. The molecular weight excluding hydrogens is 303 g/mol. The Morgan fingerprint density at radius 3 is 2.23 bits per heavy atom. The third kappa shape index (κ3) is 4.12. The number of carbonyl (C=O) groups excluding carboxylic acids is 1. The molecule has 0 unspecified atom stereocenters. The molecule has 0 aliphatic heterocycles. The normalized spacial score (nSPS) is 16.5. The minimum absolute atomic E-state index is 0.145. The van der Waals surface area contributed by atoms with Gasteiger partial charge in [0.15, 0.2) is 0 Å². The van der Waals surface area contributed by atoms with Crippen LogP contribution < -0.4 is 10.1 Å². The van der Waals surface area contributed by atoms with Crippen LogP contribution in [0.4, 0.5) is 13.2 Å². The van der Waals surface area contributed by atoms with Crippen molar-refractivity contribution in [2.75, 3.05) is 0 Å². The zero-order valence-corrected chi connectivity index (χ0v) is 11.4. The lowest BCUT2D eigenvalue weighted by atomic mass is 9.74. The molecule has 0 radical (unpaired) electrons. The molecule has 1 saturated carbocycles. The summed E-state index contributed by atoms with van der Waals surface area (Å²) in [6.45, 7) is 0. The van der Waals surface area contributed by atoms with Crippen LogP contribution in [0, 0.1) is 0 Å². The first-order chi connectivity index (χ1) is 10.2. The number of carbonyl (C=O) groups is 2. The van der Waals surface area contributed by atoms with E-state index < -0.39 is 29.5 Å². The first-order valence-corrected chi connectivity index (χ1v) is 6.59. The minimum atomic E-state index is -4.79. The van der Waals surface area contributed by atoms with Gasteiger partial charge in [-0.2, -0.15) is 0 Å². The van der Waals surface area contributed by atoms with Gasteiger partial charge in [0.25, 0.3) is 5.91 Å². The zero-order valence-electron chi connectivity index (χ0n) is 11.4. The molecule has 1 aliphatic carbocycles. The van der Waals surface area contributed by atoms with Crippen LogP contribution in [0.1, 0.15) is 36.0 Å². The second-order valence-electron chi connectivity index (χ2n) is 5.23. The van der Waals surface area contributed by atoms with E-state index >= 15 is 0 Å². The van der Waals surface area contributed by atoms with Crippen molar-refractivity contribution in [3.63, 3.8) is 0 Å². The SMILES string of the molecule is O=C(O)CC1(NC(=O)c2ccc(OC(F)(F)F)cc2)CCC1. The molecule has 5 nitrogen and oxygen atoms in total. The van der Waals surface area contributed by atoms with Crippen LogP contribution in [0.5, 0.6) is 5.75 Å². The number of hydrogen-bond acceptors (Lipinski definition) is 3. The molecule has 8 heteroatoms. The van der Waals surface area contributed by atoms with Crippen LogP contribution in [0.15, 0.2) is 24.3 Å². The maximum absolute atomic E-state index is 12.1. The number of nitrogens with one attached hydrogen (secondary N) is 1. The third-order valence-corrected chi connectivity index (χ3v) is 3.53. The van der Waals surface area contributed by atoms with E-state index in [0.29, 0.717) is 12.8 Å². The van der Waals surface area contributed by atoms with Gasteiger partial charge in [0.2, 0.25) is 0 Å². The molecule has 0 aromatic heterocycles. The van der Waals surface area contributed by atoms with E-state index in [1.54, 1.807) is 0 Å². The fraction of sp³-hybridized carbons (Fsp3) is 0.429. The van der Waals surface area contributed by atoms with Crippen molar-refractivity contribution >= 4 is 11.9 Å². The molecule has 1 aromatic rings. The molecular formula is C14H14F3NO4. The van der Waals surface area contributed by atoms with Crippen molar-refractivity contribution in [1.29, 1.82) is 0 Å². The fourth-order valence-corrected chi connectivity index (χ4v) is 2.36. The zero-order chi connectivity index (χ0) is 16.4. The second kappa shape index (κ2) is 5.86. The molecule has 2 rings (SSSR count). The van der Waals surface area contributed by atoms with E-state index in [1.165, 1.54) is 12.1 Å². The lowest BCUT2D eigenvalue weighted by Crippen LogP contribution is -2.54. The van der Waals surface area contributed by atoms with Crippen molar-refractivity contribution in [1.82, 2.24) is 5.32 Å². The molecule has 2 N–H and O–H groups in total. The molecule has 0 bridgehead atoms. The maximum Gasteiger partial charge on any atom is 0.573 e. The third-order valence-electron chi connectivity index (χ3n) is 3.53. The fourth-order valence-electron chi connectivity index (χ4n) is 2.36. The smallest absolute Gasteiger partial charge is 0.481 e. The van der Waals surface area contributed by atoms with Gasteiger partial charge in [-0.15, -0.1) is 13.2 Å². The topological polar surface area (TPSA) is 75.6 Å². The number of halogens is 3. The van der Waals surface area contributed by atoms with E-state index in [1.807, 2.05) is 0 Å². The second-order valence-corrected chi connectivity index (χ2v) is 5.23. The van der Waals surface area contributed by atoms with Gasteiger partial charge in [-0.05, 0) is 43.5 Å². The number of carboxylic acids is 1. The van der Waals surface area contributed by atoms with Crippen LogP contribution in [-0.2, 0) is 4.79 Å². The molecule has 0 heterocycles. The van der Waals surface area contributed by atoms with Crippen molar-refractivity contribution in [3.8, 4) is 5.75 Å². The van der Waals surface area contributed by atoms with Crippen LogP contribution in [-0.4, -0.2) is 28.9 Å². The minimum Gasteiger partial charge on any atom is -0.481 e. The highest BCUT2D eigenvalue weighted by molar-refractivity contribution is 5.95. The Kier molecular flexibility index (Phi) is 4.30. The quantitative estimate of drug-likeness (QED) is 0.875. The van der Waals surface area contributed by atoms with Crippen LogP contribution >= 0.6 is 0 Å². The largest absolute Gasteiger partial charge is 0.573 e. The lowest BCUT2D eigenvalue weighted by Gasteiger charge is -2.41. The van der Waals surface area contributed by atoms with Crippen LogP contribution in [0.3, 0.4) is 0 Å². The Balaban J connectivity index is 2.02. The average Bonchev–Trinajstić information content (AvgIpc) is 2.34. The summed E-state index contributed by atoms with van der Waals surface area (Å²) in [5.74, 6) is -1.94. The molecule has 0 spiro atoms. The van der Waals surface area contributed by atoms with Crippen LogP contribution in [0.25, 0.3) is 0 Å². The van der Waals surface area contributed by atoms with Gasteiger partial charge in [-0.3, -0.25) is 9.59 Å². The molecule has 0 atom stereocenters. The Bertz CT molecular complexity index is 564. The number of amides is 1. The van der Waals surface area contributed by atoms with Crippen LogP contribution in [0.2, 0.25) is 0 Å². The first-order valence-electron chi connectivity index (χ1n) is 6.59. The summed E-state index contributed by atoms with van der Waals surface area (Å²) in [6, 6.07) is 4.47. The Morgan fingerprint density at radius 1 is 1.23 bits per heavy atom. The van der Waals surface area contributed by atoms with E-state index in [4.69, 9.17) is 5.11 Å². The predicted molar refractivity (Wildman–Crippen MR) is 69.4 cm³/mol. The van der Waals surface area contributed by atoms with E-state index in [-0.39, 0.29) is 12.0 Å². The lowest BCUT2D eigenvalue weighted by molar-refractivity contribution is -0.274. The first kappa shape index (κ1) is 16.1. The molecule has 1 aliphatic rings.